The molecule has 0 amide bonds. The number of thiophene rings is 1. The number of hydrogen-bond acceptors (Lipinski definition) is 7. The Kier molecular flexibility index (Phi) is 4.89. The standard InChI is InChI=1S/C24H17ClFN3O3S/c25-21-19(13-1-3-17(26)23-20(13)14(7-27)24(28)33-23)16-10-31-9-15(16)12-2-4-18(29-22(12)21)32-11-5-6-30-8-11/h1-4,11H,5-6,8-10,28H2/t11-/m0/s1. The van der Waals surface area contributed by atoms with E-state index in [9.17, 15) is 9.65 Å². The Bertz CT molecular complexity index is 1490. The summed E-state index contributed by atoms with van der Waals surface area (Å²) in [7, 11) is 0. The summed E-state index contributed by atoms with van der Waals surface area (Å²) in [5.74, 6) is 0.0378. The van der Waals surface area contributed by atoms with Crippen LogP contribution < -0.4 is 10.5 Å². The molecule has 0 aliphatic carbocycles. The predicted molar refractivity (Wildman–Crippen MR) is 125 cm³/mol. The highest BCUT2D eigenvalue weighted by Gasteiger charge is 2.28. The van der Waals surface area contributed by atoms with E-state index in [0.29, 0.717) is 64.1 Å². The van der Waals surface area contributed by atoms with Gasteiger partial charge < -0.3 is 19.9 Å². The third-order valence-electron chi connectivity index (χ3n) is 6.16. The lowest BCUT2D eigenvalue weighted by Crippen LogP contribution is -2.16. The quantitative estimate of drug-likeness (QED) is 0.412. The molecule has 6 rings (SSSR count). The van der Waals surface area contributed by atoms with Crippen LogP contribution in [0.1, 0.15) is 23.1 Å². The molecule has 2 N–H and O–H groups in total. The molecule has 2 aliphatic heterocycles. The van der Waals surface area contributed by atoms with Crippen molar-refractivity contribution < 1.29 is 18.6 Å². The molecular formula is C24H17ClFN3O3S. The highest BCUT2D eigenvalue weighted by molar-refractivity contribution is 7.23. The molecular weight excluding hydrogens is 465 g/mol. The predicted octanol–water partition coefficient (Wildman–Crippen LogP) is 5.56. The Hall–Kier alpha value is -2.96. The van der Waals surface area contributed by atoms with Crippen molar-refractivity contribution in [2.75, 3.05) is 18.9 Å². The van der Waals surface area contributed by atoms with Crippen LogP contribution in [0.4, 0.5) is 9.39 Å². The summed E-state index contributed by atoms with van der Waals surface area (Å²) in [5, 5.41) is 11.8. The Morgan fingerprint density at radius 3 is 2.85 bits per heavy atom. The lowest BCUT2D eigenvalue weighted by Gasteiger charge is -2.17. The van der Waals surface area contributed by atoms with Crippen LogP contribution in [0, 0.1) is 17.1 Å². The number of nitriles is 1. The summed E-state index contributed by atoms with van der Waals surface area (Å²) in [4.78, 5) is 4.72. The number of ether oxygens (including phenoxy) is 3. The van der Waals surface area contributed by atoms with Crippen molar-refractivity contribution in [2.45, 2.75) is 25.7 Å². The number of nitrogens with two attached hydrogens (primary N) is 1. The van der Waals surface area contributed by atoms with Gasteiger partial charge in [-0.05, 0) is 28.8 Å². The summed E-state index contributed by atoms with van der Waals surface area (Å²) in [6.07, 6.45) is 0.760. The largest absolute Gasteiger partial charge is 0.472 e. The van der Waals surface area contributed by atoms with E-state index in [4.69, 9.17) is 36.5 Å². The number of pyridine rings is 1. The SMILES string of the molecule is N#Cc1c(N)sc2c(F)ccc(-c3c4c(c5ccc(O[C@H]6CCOC6)nc5c3Cl)COC4)c12. The van der Waals surface area contributed by atoms with E-state index in [1.54, 1.807) is 6.07 Å². The maximum atomic E-state index is 14.6. The molecule has 1 atom stereocenters. The number of fused-ring (bicyclic) bond motifs is 4. The molecule has 1 saturated heterocycles. The summed E-state index contributed by atoms with van der Waals surface area (Å²) in [6.45, 7) is 1.97. The molecule has 166 valence electrons. The fraction of sp³-hybridized carbons (Fsp3) is 0.250. The third kappa shape index (κ3) is 3.15. The third-order valence-corrected chi connectivity index (χ3v) is 7.55. The zero-order chi connectivity index (χ0) is 22.7. The Morgan fingerprint density at radius 2 is 2.06 bits per heavy atom. The normalized spacial score (nSPS) is 17.5. The smallest absolute Gasteiger partial charge is 0.214 e. The van der Waals surface area contributed by atoms with Crippen LogP contribution in [0.25, 0.3) is 32.1 Å². The van der Waals surface area contributed by atoms with Gasteiger partial charge in [-0.25, -0.2) is 9.37 Å². The first-order chi connectivity index (χ1) is 16.1. The van der Waals surface area contributed by atoms with Crippen molar-refractivity contribution >= 4 is 48.9 Å². The van der Waals surface area contributed by atoms with Crippen molar-refractivity contribution in [3.8, 4) is 23.1 Å². The number of nitrogen functional groups attached to an aromatic ring is 1. The van der Waals surface area contributed by atoms with Crippen LogP contribution in [-0.2, 0) is 22.7 Å². The van der Waals surface area contributed by atoms with Crippen molar-refractivity contribution in [2.24, 2.45) is 0 Å². The second kappa shape index (κ2) is 7.82. The van der Waals surface area contributed by atoms with Crippen LogP contribution in [0.15, 0.2) is 24.3 Å². The first-order valence-corrected chi connectivity index (χ1v) is 11.6. The van der Waals surface area contributed by atoms with Crippen molar-refractivity contribution in [1.29, 1.82) is 5.26 Å². The number of hydrogen-bond donors (Lipinski definition) is 1. The van der Waals surface area contributed by atoms with E-state index in [0.717, 1.165) is 34.3 Å². The van der Waals surface area contributed by atoms with Crippen LogP contribution >= 0.6 is 22.9 Å². The van der Waals surface area contributed by atoms with E-state index >= 15 is 0 Å². The van der Waals surface area contributed by atoms with E-state index in [2.05, 4.69) is 6.07 Å². The van der Waals surface area contributed by atoms with Crippen LogP contribution in [0.2, 0.25) is 5.02 Å². The van der Waals surface area contributed by atoms with Crippen molar-refractivity contribution in [3.05, 3.63) is 51.8 Å². The number of anilines is 1. The first-order valence-electron chi connectivity index (χ1n) is 10.4. The summed E-state index contributed by atoms with van der Waals surface area (Å²) in [5.41, 5.74) is 10.1. The monoisotopic (exact) mass is 481 g/mol. The number of benzene rings is 2. The summed E-state index contributed by atoms with van der Waals surface area (Å²) >= 11 is 8.05. The van der Waals surface area contributed by atoms with E-state index in [-0.39, 0.29) is 16.7 Å². The van der Waals surface area contributed by atoms with Gasteiger partial charge in [0.05, 0.1) is 47.2 Å². The molecule has 4 heterocycles. The van der Waals surface area contributed by atoms with Gasteiger partial charge in [-0.15, -0.1) is 11.3 Å². The molecule has 4 aromatic rings. The molecule has 1 fully saturated rings. The molecule has 0 unspecified atom stereocenters. The Morgan fingerprint density at radius 1 is 1.21 bits per heavy atom. The average molecular weight is 482 g/mol. The summed E-state index contributed by atoms with van der Waals surface area (Å²) < 4.78 is 32.1. The van der Waals surface area contributed by atoms with Gasteiger partial charge in [0.15, 0.2) is 0 Å². The maximum Gasteiger partial charge on any atom is 0.214 e. The topological polar surface area (TPSA) is 90.4 Å². The average Bonchev–Trinajstić information content (AvgIpc) is 3.56. The maximum absolute atomic E-state index is 14.6. The van der Waals surface area contributed by atoms with E-state index < -0.39 is 5.82 Å². The molecule has 33 heavy (non-hydrogen) atoms. The van der Waals surface area contributed by atoms with Gasteiger partial charge in [-0.2, -0.15) is 5.26 Å². The highest BCUT2D eigenvalue weighted by Crippen LogP contribution is 2.48. The zero-order valence-electron chi connectivity index (χ0n) is 17.3. The molecule has 0 saturated carbocycles. The van der Waals surface area contributed by atoms with Gasteiger partial charge in [0.2, 0.25) is 5.88 Å². The molecule has 2 aliphatic rings. The molecule has 9 heteroatoms. The number of rotatable bonds is 3. The van der Waals surface area contributed by atoms with Crippen LogP contribution in [0.3, 0.4) is 0 Å². The van der Waals surface area contributed by atoms with Crippen LogP contribution in [0.5, 0.6) is 5.88 Å². The van der Waals surface area contributed by atoms with Crippen LogP contribution in [-0.4, -0.2) is 24.3 Å². The molecule has 0 spiro atoms. The lowest BCUT2D eigenvalue weighted by atomic mass is 9.91. The second-order valence-corrected chi connectivity index (χ2v) is 9.47. The minimum atomic E-state index is -0.427. The number of halogens is 2. The van der Waals surface area contributed by atoms with Gasteiger partial charge in [-0.3, -0.25) is 0 Å². The Labute approximate surface area is 197 Å². The van der Waals surface area contributed by atoms with Gasteiger partial charge in [0.25, 0.3) is 0 Å². The lowest BCUT2D eigenvalue weighted by molar-refractivity contribution is 0.135. The minimum absolute atomic E-state index is 0.0466. The Balaban J connectivity index is 1.63. The molecule has 2 aromatic heterocycles. The van der Waals surface area contributed by atoms with Gasteiger partial charge in [0.1, 0.15) is 23.0 Å². The molecule has 6 nitrogen and oxygen atoms in total. The molecule has 0 bridgehead atoms. The van der Waals surface area contributed by atoms with Crippen molar-refractivity contribution in [1.82, 2.24) is 4.98 Å². The van der Waals surface area contributed by atoms with E-state index in [1.165, 1.54) is 6.07 Å². The fourth-order valence-corrected chi connectivity index (χ4v) is 5.94. The number of aromatic nitrogens is 1. The van der Waals surface area contributed by atoms with Crippen molar-refractivity contribution in [3.63, 3.8) is 0 Å². The van der Waals surface area contributed by atoms with Gasteiger partial charge in [-0.1, -0.05) is 17.7 Å². The first kappa shape index (κ1) is 20.6. The molecule has 0 radical (unpaired) electrons. The van der Waals surface area contributed by atoms with E-state index in [1.807, 2.05) is 12.1 Å². The summed E-state index contributed by atoms with van der Waals surface area (Å²) in [6, 6.07) is 8.93. The zero-order valence-corrected chi connectivity index (χ0v) is 18.9. The fourth-order valence-electron chi connectivity index (χ4n) is 4.63. The highest BCUT2D eigenvalue weighted by atomic mass is 35.5. The number of nitrogens with zero attached hydrogens (tertiary/aromatic N) is 2. The second-order valence-electron chi connectivity index (χ2n) is 8.04. The van der Waals surface area contributed by atoms with Gasteiger partial charge in [0, 0.05) is 28.8 Å². The molecule has 2 aromatic carbocycles. The van der Waals surface area contributed by atoms with Gasteiger partial charge >= 0.3 is 0 Å². The minimum Gasteiger partial charge on any atom is -0.472 e.